The molecule has 0 amide bonds. The van der Waals surface area contributed by atoms with Gasteiger partial charge in [0.05, 0.1) is 6.20 Å². The third-order valence-corrected chi connectivity index (χ3v) is 3.04. The number of hydrogen-bond donors (Lipinski definition) is 2. The van der Waals surface area contributed by atoms with E-state index in [1.807, 2.05) is 38.4 Å². The first-order chi connectivity index (χ1) is 10.2. The second-order valence-electron chi connectivity index (χ2n) is 5.01. The van der Waals surface area contributed by atoms with Gasteiger partial charge in [-0.05, 0) is 30.7 Å². The summed E-state index contributed by atoms with van der Waals surface area (Å²) < 4.78 is 0. The molecule has 1 aromatic carbocycles. The number of nitrogens with zero attached hydrogens (tertiary/aromatic N) is 4. The van der Waals surface area contributed by atoms with Crippen LogP contribution in [0.5, 0.6) is 0 Å². The summed E-state index contributed by atoms with van der Waals surface area (Å²) in [5.74, 6) is 1.24. The quantitative estimate of drug-likeness (QED) is 0.763. The van der Waals surface area contributed by atoms with E-state index in [0.717, 1.165) is 36.6 Å². The fourth-order valence-corrected chi connectivity index (χ4v) is 1.81. The van der Waals surface area contributed by atoms with Gasteiger partial charge in [0.1, 0.15) is 0 Å². The van der Waals surface area contributed by atoms with E-state index in [9.17, 15) is 0 Å². The van der Waals surface area contributed by atoms with Crippen LogP contribution in [0.2, 0.25) is 0 Å². The van der Waals surface area contributed by atoms with Crippen LogP contribution in [0, 0.1) is 0 Å². The predicted molar refractivity (Wildman–Crippen MR) is 87.3 cm³/mol. The Kier molecular flexibility index (Phi) is 5.31. The number of aromatic nitrogens is 3. The number of hydrogen-bond acceptors (Lipinski definition) is 6. The van der Waals surface area contributed by atoms with Crippen LogP contribution in [-0.2, 0) is 0 Å². The van der Waals surface area contributed by atoms with E-state index in [-0.39, 0.29) is 0 Å². The van der Waals surface area contributed by atoms with E-state index in [0.29, 0.717) is 5.95 Å². The van der Waals surface area contributed by atoms with E-state index < -0.39 is 0 Å². The second kappa shape index (κ2) is 7.42. The minimum atomic E-state index is 0.495. The number of nitrogens with one attached hydrogen (secondary N) is 2. The molecule has 0 saturated heterocycles. The molecule has 0 unspecified atom stereocenters. The summed E-state index contributed by atoms with van der Waals surface area (Å²) in [7, 11) is 4.03. The van der Waals surface area contributed by atoms with Gasteiger partial charge in [0.15, 0.2) is 5.82 Å². The highest BCUT2D eigenvalue weighted by Crippen LogP contribution is 2.18. The van der Waals surface area contributed by atoms with E-state index in [2.05, 4.69) is 37.6 Å². The Morgan fingerprint density at radius 1 is 1.14 bits per heavy atom. The summed E-state index contributed by atoms with van der Waals surface area (Å²) >= 11 is 0. The molecule has 21 heavy (non-hydrogen) atoms. The normalized spacial score (nSPS) is 10.2. The molecule has 0 fully saturated rings. The molecule has 2 aromatic rings. The topological polar surface area (TPSA) is 66.0 Å². The van der Waals surface area contributed by atoms with Gasteiger partial charge in [-0.3, -0.25) is 0 Å². The maximum absolute atomic E-state index is 4.39. The van der Waals surface area contributed by atoms with Crippen LogP contribution in [0.1, 0.15) is 19.8 Å². The summed E-state index contributed by atoms with van der Waals surface area (Å²) in [6.07, 6.45) is 3.89. The molecular formula is C15H22N6. The summed E-state index contributed by atoms with van der Waals surface area (Å²) in [5.41, 5.74) is 2.09. The molecule has 0 aliphatic heterocycles. The number of benzene rings is 1. The lowest BCUT2D eigenvalue weighted by Crippen LogP contribution is -2.08. The minimum Gasteiger partial charge on any atom is -0.378 e. The van der Waals surface area contributed by atoms with E-state index in [4.69, 9.17) is 0 Å². The Morgan fingerprint density at radius 3 is 2.57 bits per heavy atom. The zero-order valence-electron chi connectivity index (χ0n) is 12.8. The SMILES string of the molecule is CCCCNc1cnnc(Nc2ccc(N(C)C)cc2)n1. The predicted octanol–water partition coefficient (Wildman–Crippen LogP) is 2.89. The number of rotatable bonds is 7. The molecule has 0 aliphatic rings. The van der Waals surface area contributed by atoms with Crippen molar-refractivity contribution in [2.75, 3.05) is 36.2 Å². The smallest absolute Gasteiger partial charge is 0.249 e. The van der Waals surface area contributed by atoms with E-state index in [1.54, 1.807) is 6.20 Å². The fourth-order valence-electron chi connectivity index (χ4n) is 1.81. The molecule has 0 radical (unpaired) electrons. The van der Waals surface area contributed by atoms with E-state index in [1.165, 1.54) is 0 Å². The van der Waals surface area contributed by atoms with Gasteiger partial charge in [0.2, 0.25) is 5.95 Å². The van der Waals surface area contributed by atoms with Crippen LogP contribution in [0.25, 0.3) is 0 Å². The lowest BCUT2D eigenvalue weighted by atomic mass is 10.2. The number of unbranched alkanes of at least 4 members (excludes halogenated alkanes) is 1. The Balaban J connectivity index is 2.00. The molecular weight excluding hydrogens is 264 g/mol. The molecule has 6 heteroatoms. The molecule has 0 atom stereocenters. The monoisotopic (exact) mass is 286 g/mol. The van der Waals surface area contributed by atoms with Gasteiger partial charge in [-0.25, -0.2) is 0 Å². The highest BCUT2D eigenvalue weighted by Gasteiger charge is 2.02. The van der Waals surface area contributed by atoms with Crippen molar-refractivity contribution < 1.29 is 0 Å². The highest BCUT2D eigenvalue weighted by molar-refractivity contribution is 5.59. The first-order valence-corrected chi connectivity index (χ1v) is 7.17. The van der Waals surface area contributed by atoms with Gasteiger partial charge in [0, 0.05) is 32.0 Å². The van der Waals surface area contributed by atoms with Gasteiger partial charge in [-0.2, -0.15) is 10.1 Å². The van der Waals surface area contributed by atoms with Crippen LogP contribution in [-0.4, -0.2) is 35.8 Å². The first-order valence-electron chi connectivity index (χ1n) is 7.17. The Labute approximate surface area is 125 Å². The molecule has 0 saturated carbocycles. The van der Waals surface area contributed by atoms with Gasteiger partial charge in [-0.1, -0.05) is 13.3 Å². The standard InChI is InChI=1S/C15H22N6/c1-4-5-10-16-14-11-17-20-15(19-14)18-12-6-8-13(9-7-12)21(2)3/h6-9,11H,4-5,10H2,1-3H3,(H2,16,18,19,20). The van der Waals surface area contributed by atoms with Gasteiger partial charge >= 0.3 is 0 Å². The lowest BCUT2D eigenvalue weighted by molar-refractivity contribution is 0.827. The zero-order chi connectivity index (χ0) is 15.1. The molecule has 1 aromatic heterocycles. The molecule has 1 heterocycles. The molecule has 112 valence electrons. The van der Waals surface area contributed by atoms with Crippen LogP contribution in [0.3, 0.4) is 0 Å². The molecule has 6 nitrogen and oxygen atoms in total. The van der Waals surface area contributed by atoms with Crippen LogP contribution in [0.4, 0.5) is 23.1 Å². The Morgan fingerprint density at radius 2 is 1.90 bits per heavy atom. The maximum atomic E-state index is 4.39. The minimum absolute atomic E-state index is 0.495. The summed E-state index contributed by atoms with van der Waals surface area (Å²) in [6, 6.07) is 8.07. The summed E-state index contributed by atoms with van der Waals surface area (Å²) in [4.78, 5) is 6.45. The van der Waals surface area contributed by atoms with Gasteiger partial charge < -0.3 is 15.5 Å². The maximum Gasteiger partial charge on any atom is 0.249 e. The van der Waals surface area contributed by atoms with Crippen molar-refractivity contribution in [1.29, 1.82) is 0 Å². The van der Waals surface area contributed by atoms with Crippen molar-refractivity contribution >= 4 is 23.1 Å². The summed E-state index contributed by atoms with van der Waals surface area (Å²) in [6.45, 7) is 3.05. The molecule has 0 aliphatic carbocycles. The largest absolute Gasteiger partial charge is 0.378 e. The van der Waals surface area contributed by atoms with Crippen molar-refractivity contribution in [2.24, 2.45) is 0 Å². The average Bonchev–Trinajstić information content (AvgIpc) is 2.48. The summed E-state index contributed by atoms with van der Waals surface area (Å²) in [5, 5.41) is 14.4. The Bertz CT molecular complexity index is 552. The van der Waals surface area contributed by atoms with Gasteiger partial charge in [0.25, 0.3) is 0 Å². The molecule has 0 spiro atoms. The first kappa shape index (κ1) is 15.0. The van der Waals surface area contributed by atoms with Crippen LogP contribution >= 0.6 is 0 Å². The highest BCUT2D eigenvalue weighted by atomic mass is 15.3. The molecule has 2 rings (SSSR count). The van der Waals surface area contributed by atoms with Crippen LogP contribution < -0.4 is 15.5 Å². The third-order valence-electron chi connectivity index (χ3n) is 3.04. The van der Waals surface area contributed by atoms with Crippen molar-refractivity contribution in [1.82, 2.24) is 15.2 Å². The van der Waals surface area contributed by atoms with Gasteiger partial charge in [-0.15, -0.1) is 5.10 Å². The third kappa shape index (κ3) is 4.59. The van der Waals surface area contributed by atoms with Crippen molar-refractivity contribution in [3.8, 4) is 0 Å². The lowest BCUT2D eigenvalue weighted by Gasteiger charge is -2.13. The Hall–Kier alpha value is -2.37. The molecule has 0 bridgehead atoms. The second-order valence-corrected chi connectivity index (χ2v) is 5.01. The zero-order valence-corrected chi connectivity index (χ0v) is 12.8. The van der Waals surface area contributed by atoms with Crippen molar-refractivity contribution in [3.63, 3.8) is 0 Å². The van der Waals surface area contributed by atoms with Crippen molar-refractivity contribution in [2.45, 2.75) is 19.8 Å². The number of anilines is 4. The average molecular weight is 286 g/mol. The fraction of sp³-hybridized carbons (Fsp3) is 0.400. The molecule has 2 N–H and O–H groups in total. The van der Waals surface area contributed by atoms with Crippen LogP contribution in [0.15, 0.2) is 30.5 Å². The van der Waals surface area contributed by atoms with E-state index >= 15 is 0 Å². The van der Waals surface area contributed by atoms with Crippen molar-refractivity contribution in [3.05, 3.63) is 30.5 Å².